The first-order chi connectivity index (χ1) is 9.93. The van der Waals surface area contributed by atoms with Gasteiger partial charge in [0.25, 0.3) is 0 Å². The van der Waals surface area contributed by atoms with Crippen LogP contribution in [-0.2, 0) is 17.6 Å². The lowest BCUT2D eigenvalue weighted by molar-refractivity contribution is -0.138. The number of aliphatic carboxylic acids is 1. The van der Waals surface area contributed by atoms with Gasteiger partial charge in [-0.05, 0) is 20.8 Å². The van der Waals surface area contributed by atoms with Crippen molar-refractivity contribution in [3.63, 3.8) is 0 Å². The number of carboxylic acid groups (broad SMARTS) is 1. The third-order valence-corrected chi connectivity index (χ3v) is 4.23. The molecule has 1 aromatic rings. The van der Waals surface area contributed by atoms with E-state index in [1.807, 2.05) is 13.8 Å². The second-order valence-electron chi connectivity index (χ2n) is 5.89. The van der Waals surface area contributed by atoms with Crippen LogP contribution < -0.4 is 14.2 Å². The summed E-state index contributed by atoms with van der Waals surface area (Å²) in [6.07, 6.45) is 1.44. The van der Waals surface area contributed by atoms with Gasteiger partial charge in [0.2, 0.25) is 0 Å². The predicted molar refractivity (Wildman–Crippen MR) is 76.6 cm³/mol. The molecule has 3 unspecified atom stereocenters. The molecule has 2 heterocycles. The van der Waals surface area contributed by atoms with E-state index in [0.717, 1.165) is 16.7 Å². The highest BCUT2D eigenvalue weighted by Gasteiger charge is 2.39. The molecule has 0 aliphatic carbocycles. The minimum absolute atomic E-state index is 0.0218. The summed E-state index contributed by atoms with van der Waals surface area (Å²) in [4.78, 5) is 11.5. The van der Waals surface area contributed by atoms with E-state index in [2.05, 4.69) is 0 Å². The van der Waals surface area contributed by atoms with Crippen molar-refractivity contribution < 1.29 is 24.1 Å². The molecule has 0 saturated heterocycles. The Morgan fingerprint density at radius 1 is 1.19 bits per heavy atom. The molecule has 1 N–H and O–H groups in total. The standard InChI is InChI=1S/C16H20O5/c1-7-5-10-12(9(3)16(17)18)13-11(6-8(2)20-13)14(19-4)15(10)21-7/h7-9H,5-6H2,1-4H3,(H,17,18). The summed E-state index contributed by atoms with van der Waals surface area (Å²) in [5.41, 5.74) is 2.60. The summed E-state index contributed by atoms with van der Waals surface area (Å²) < 4.78 is 17.3. The maximum atomic E-state index is 11.5. The van der Waals surface area contributed by atoms with Crippen molar-refractivity contribution in [2.24, 2.45) is 0 Å². The third-order valence-electron chi connectivity index (χ3n) is 4.23. The zero-order valence-electron chi connectivity index (χ0n) is 12.7. The van der Waals surface area contributed by atoms with Crippen LogP contribution in [0.2, 0.25) is 0 Å². The van der Waals surface area contributed by atoms with Gasteiger partial charge >= 0.3 is 5.97 Å². The third kappa shape index (κ3) is 2.03. The number of carboxylic acids is 1. The zero-order chi connectivity index (χ0) is 15.3. The topological polar surface area (TPSA) is 65.0 Å². The molecule has 0 amide bonds. The average Bonchev–Trinajstić information content (AvgIpc) is 2.96. The fourth-order valence-electron chi connectivity index (χ4n) is 3.30. The lowest BCUT2D eigenvalue weighted by Crippen LogP contribution is -2.13. The Bertz CT molecular complexity index is 568. The Morgan fingerprint density at radius 3 is 2.33 bits per heavy atom. The van der Waals surface area contributed by atoms with Crippen molar-refractivity contribution >= 4 is 5.97 Å². The lowest BCUT2D eigenvalue weighted by atomic mass is 9.89. The fourth-order valence-corrected chi connectivity index (χ4v) is 3.30. The Balaban J connectivity index is 2.27. The quantitative estimate of drug-likeness (QED) is 0.927. The van der Waals surface area contributed by atoms with Gasteiger partial charge in [0.1, 0.15) is 18.0 Å². The van der Waals surface area contributed by atoms with Gasteiger partial charge in [-0.25, -0.2) is 0 Å². The van der Waals surface area contributed by atoms with Crippen molar-refractivity contribution in [2.75, 3.05) is 7.11 Å². The minimum Gasteiger partial charge on any atom is -0.492 e. The number of benzene rings is 1. The van der Waals surface area contributed by atoms with E-state index in [9.17, 15) is 9.90 Å². The number of fused-ring (bicyclic) bond motifs is 2. The molecule has 0 saturated carbocycles. The van der Waals surface area contributed by atoms with Gasteiger partial charge in [-0.3, -0.25) is 4.79 Å². The normalized spacial score (nSPS) is 23.8. The SMILES string of the molecule is COc1c2c(c(C(C)C(=O)O)c3c1OC(C)C3)OC(C)C2. The summed E-state index contributed by atoms with van der Waals surface area (Å²) >= 11 is 0. The number of ether oxygens (including phenoxy) is 3. The van der Waals surface area contributed by atoms with Crippen molar-refractivity contribution in [1.82, 2.24) is 0 Å². The van der Waals surface area contributed by atoms with E-state index in [1.54, 1.807) is 14.0 Å². The molecule has 21 heavy (non-hydrogen) atoms. The molecule has 5 heteroatoms. The van der Waals surface area contributed by atoms with Crippen LogP contribution >= 0.6 is 0 Å². The van der Waals surface area contributed by atoms with Crippen LogP contribution in [-0.4, -0.2) is 30.4 Å². The highest BCUT2D eigenvalue weighted by atomic mass is 16.5. The molecular formula is C16H20O5. The van der Waals surface area contributed by atoms with Crippen LogP contribution in [0.4, 0.5) is 0 Å². The fraction of sp³-hybridized carbons (Fsp3) is 0.562. The predicted octanol–water partition coefficient (Wildman–Crippen LogP) is 2.53. The van der Waals surface area contributed by atoms with E-state index in [-0.39, 0.29) is 12.2 Å². The number of rotatable bonds is 3. The first-order valence-electron chi connectivity index (χ1n) is 7.25. The van der Waals surface area contributed by atoms with E-state index in [0.29, 0.717) is 30.1 Å². The largest absolute Gasteiger partial charge is 0.492 e. The highest BCUT2D eigenvalue weighted by Crippen LogP contribution is 2.52. The maximum absolute atomic E-state index is 11.5. The number of methoxy groups -OCH3 is 1. The second-order valence-corrected chi connectivity index (χ2v) is 5.89. The van der Waals surface area contributed by atoms with Crippen molar-refractivity contribution in [1.29, 1.82) is 0 Å². The van der Waals surface area contributed by atoms with Crippen LogP contribution in [0, 0.1) is 0 Å². The van der Waals surface area contributed by atoms with Gasteiger partial charge in [-0.15, -0.1) is 0 Å². The Labute approximate surface area is 123 Å². The van der Waals surface area contributed by atoms with E-state index < -0.39 is 11.9 Å². The monoisotopic (exact) mass is 292 g/mol. The average molecular weight is 292 g/mol. The molecule has 0 spiro atoms. The molecular weight excluding hydrogens is 272 g/mol. The molecule has 2 aliphatic heterocycles. The summed E-state index contributed by atoms with van der Waals surface area (Å²) in [6, 6.07) is 0. The van der Waals surface area contributed by atoms with Crippen molar-refractivity contribution in [3.05, 3.63) is 16.7 Å². The second kappa shape index (κ2) is 4.83. The molecule has 0 fully saturated rings. The van der Waals surface area contributed by atoms with Crippen LogP contribution in [0.15, 0.2) is 0 Å². The highest BCUT2D eigenvalue weighted by molar-refractivity contribution is 5.80. The van der Waals surface area contributed by atoms with Crippen LogP contribution in [0.5, 0.6) is 17.2 Å². The molecule has 3 atom stereocenters. The van der Waals surface area contributed by atoms with Gasteiger partial charge < -0.3 is 19.3 Å². The number of hydrogen-bond acceptors (Lipinski definition) is 4. The number of hydrogen-bond donors (Lipinski definition) is 1. The number of carbonyl (C=O) groups is 1. The van der Waals surface area contributed by atoms with Crippen molar-refractivity contribution in [2.45, 2.75) is 51.7 Å². The Morgan fingerprint density at radius 2 is 1.76 bits per heavy atom. The molecule has 1 aromatic carbocycles. The molecule has 2 aliphatic rings. The van der Waals surface area contributed by atoms with Gasteiger partial charge in [-0.1, -0.05) is 0 Å². The summed E-state index contributed by atoms with van der Waals surface area (Å²) in [5.74, 6) is 0.607. The lowest BCUT2D eigenvalue weighted by Gasteiger charge is -2.19. The first kappa shape index (κ1) is 14.0. The Hall–Kier alpha value is -1.91. The minimum atomic E-state index is -0.854. The van der Waals surface area contributed by atoms with E-state index >= 15 is 0 Å². The molecule has 114 valence electrons. The van der Waals surface area contributed by atoms with Gasteiger partial charge in [0.05, 0.1) is 13.0 Å². The van der Waals surface area contributed by atoms with E-state index in [1.165, 1.54) is 0 Å². The molecule has 0 bridgehead atoms. The van der Waals surface area contributed by atoms with Crippen LogP contribution in [0.25, 0.3) is 0 Å². The van der Waals surface area contributed by atoms with E-state index in [4.69, 9.17) is 14.2 Å². The smallest absolute Gasteiger partial charge is 0.310 e. The van der Waals surface area contributed by atoms with Gasteiger partial charge in [-0.2, -0.15) is 0 Å². The summed E-state index contributed by atoms with van der Waals surface area (Å²) in [7, 11) is 1.62. The maximum Gasteiger partial charge on any atom is 0.310 e. The molecule has 3 rings (SSSR count). The zero-order valence-corrected chi connectivity index (χ0v) is 12.7. The molecule has 0 radical (unpaired) electrons. The van der Waals surface area contributed by atoms with Crippen molar-refractivity contribution in [3.8, 4) is 17.2 Å². The Kier molecular flexibility index (Phi) is 3.23. The van der Waals surface area contributed by atoms with Crippen LogP contribution in [0.1, 0.15) is 43.4 Å². The van der Waals surface area contributed by atoms with Gasteiger partial charge in [0.15, 0.2) is 11.5 Å². The molecule has 5 nitrogen and oxygen atoms in total. The summed E-state index contributed by atoms with van der Waals surface area (Å²) in [6.45, 7) is 5.65. The van der Waals surface area contributed by atoms with Crippen LogP contribution in [0.3, 0.4) is 0 Å². The summed E-state index contributed by atoms with van der Waals surface area (Å²) in [5, 5.41) is 9.43. The van der Waals surface area contributed by atoms with Gasteiger partial charge in [0, 0.05) is 29.5 Å². The first-order valence-corrected chi connectivity index (χ1v) is 7.25. The molecule has 0 aromatic heterocycles.